The van der Waals surface area contributed by atoms with Crippen LogP contribution in [0.1, 0.15) is 52.4 Å². The number of carbonyl (C=O) groups is 1. The summed E-state index contributed by atoms with van der Waals surface area (Å²) in [5.74, 6) is 0.187. The van der Waals surface area contributed by atoms with E-state index in [-0.39, 0.29) is 23.4 Å². The number of piperidine rings is 1. The fourth-order valence-corrected chi connectivity index (χ4v) is 4.65. The number of hydrogen-bond donors (Lipinski definition) is 2. The van der Waals surface area contributed by atoms with Crippen LogP contribution in [0, 0.1) is 11.8 Å². The number of nitrogens with one attached hydrogen (secondary N) is 2. The molecule has 142 valence electrons. The number of unbranched alkanes of at least 4 members (excludes halogenated alkanes) is 1. The van der Waals surface area contributed by atoms with Crippen LogP contribution in [-0.2, 0) is 14.8 Å². The highest BCUT2D eigenvalue weighted by atomic mass is 32.2. The van der Waals surface area contributed by atoms with Gasteiger partial charge in [0.1, 0.15) is 0 Å². The van der Waals surface area contributed by atoms with Crippen molar-refractivity contribution in [2.75, 3.05) is 19.6 Å². The quantitative estimate of drug-likeness (QED) is 0.696. The lowest BCUT2D eigenvalue weighted by Gasteiger charge is -2.31. The number of carbonyl (C=O) groups excluding carboxylic acids is 1. The average Bonchev–Trinajstić information content (AvgIpc) is 3.17. The maximum absolute atomic E-state index is 12.6. The van der Waals surface area contributed by atoms with Crippen molar-refractivity contribution in [3.63, 3.8) is 0 Å². The third-order valence-corrected chi connectivity index (χ3v) is 6.74. The van der Waals surface area contributed by atoms with Crippen LogP contribution in [0.3, 0.4) is 0 Å². The molecule has 1 amide bonds. The Morgan fingerprint density at radius 1 is 1.48 bits per heavy atom. The zero-order chi connectivity index (χ0) is 18.3. The number of hydrogen-bond acceptors (Lipinski definition) is 4. The topological polar surface area (TPSA) is 95.2 Å². The largest absolute Gasteiger partial charge is 0.356 e. The molecule has 25 heavy (non-hydrogen) atoms. The maximum Gasteiger partial charge on any atom is 0.260 e. The number of amides is 1. The molecule has 0 bridgehead atoms. The monoisotopic (exact) mass is 370 g/mol. The second kappa shape index (κ2) is 9.33. The van der Waals surface area contributed by atoms with E-state index in [0.29, 0.717) is 25.4 Å². The molecule has 0 saturated carbocycles. The van der Waals surface area contributed by atoms with E-state index < -0.39 is 10.0 Å². The molecule has 8 heteroatoms. The van der Waals surface area contributed by atoms with Crippen LogP contribution >= 0.6 is 0 Å². The highest BCUT2D eigenvalue weighted by Gasteiger charge is 2.34. The van der Waals surface area contributed by atoms with Gasteiger partial charge in [-0.1, -0.05) is 33.1 Å². The Morgan fingerprint density at radius 3 is 2.92 bits per heavy atom. The third kappa shape index (κ3) is 5.28. The number of aromatic nitrogens is 2. The second-order valence-electron chi connectivity index (χ2n) is 6.78. The number of aromatic amines is 1. The van der Waals surface area contributed by atoms with Crippen molar-refractivity contribution in [2.24, 2.45) is 11.8 Å². The molecule has 0 radical (unpaired) electrons. The molecular formula is C17H30N4O3S. The van der Waals surface area contributed by atoms with E-state index >= 15 is 0 Å². The Balaban J connectivity index is 1.91. The van der Waals surface area contributed by atoms with E-state index in [4.69, 9.17) is 0 Å². The summed E-state index contributed by atoms with van der Waals surface area (Å²) in [6.07, 6.45) is 8.58. The van der Waals surface area contributed by atoms with Crippen LogP contribution in [0.2, 0.25) is 0 Å². The SMILES string of the molecule is CCCC[C@H](CC)CNC(=O)[C@H]1CCCN(S(=O)(=O)c2cnc[nH]2)C1. The van der Waals surface area contributed by atoms with Crippen molar-refractivity contribution in [3.8, 4) is 0 Å². The Labute approximate surface area is 150 Å². The van der Waals surface area contributed by atoms with Gasteiger partial charge in [0.05, 0.1) is 18.4 Å². The van der Waals surface area contributed by atoms with Gasteiger partial charge in [0.15, 0.2) is 5.03 Å². The first-order valence-electron chi connectivity index (χ1n) is 9.25. The minimum Gasteiger partial charge on any atom is -0.356 e. The van der Waals surface area contributed by atoms with E-state index in [1.807, 2.05) is 0 Å². The lowest BCUT2D eigenvalue weighted by molar-refractivity contribution is -0.126. The van der Waals surface area contributed by atoms with Crippen molar-refractivity contribution >= 4 is 15.9 Å². The molecule has 0 aliphatic carbocycles. The van der Waals surface area contributed by atoms with Crippen LogP contribution in [0.4, 0.5) is 0 Å². The zero-order valence-corrected chi connectivity index (χ0v) is 16.0. The lowest BCUT2D eigenvalue weighted by Crippen LogP contribution is -2.46. The first-order chi connectivity index (χ1) is 12.0. The Morgan fingerprint density at radius 2 is 2.28 bits per heavy atom. The molecule has 2 atom stereocenters. The Kier molecular flexibility index (Phi) is 7.43. The van der Waals surface area contributed by atoms with Crippen LogP contribution in [0.15, 0.2) is 17.6 Å². The molecular weight excluding hydrogens is 340 g/mol. The highest BCUT2D eigenvalue weighted by molar-refractivity contribution is 7.89. The van der Waals surface area contributed by atoms with Gasteiger partial charge >= 0.3 is 0 Å². The van der Waals surface area contributed by atoms with Crippen LogP contribution < -0.4 is 5.32 Å². The van der Waals surface area contributed by atoms with Crippen molar-refractivity contribution in [2.45, 2.75) is 57.4 Å². The van der Waals surface area contributed by atoms with Crippen LogP contribution in [0.5, 0.6) is 0 Å². The molecule has 2 heterocycles. The van der Waals surface area contributed by atoms with Gasteiger partial charge in [0, 0.05) is 19.6 Å². The summed E-state index contributed by atoms with van der Waals surface area (Å²) in [5, 5.41) is 3.12. The number of H-pyrrole nitrogens is 1. The van der Waals surface area contributed by atoms with E-state index in [2.05, 4.69) is 29.1 Å². The number of nitrogens with zero attached hydrogens (tertiary/aromatic N) is 2. The number of sulfonamides is 1. The summed E-state index contributed by atoms with van der Waals surface area (Å²) in [4.78, 5) is 18.9. The predicted molar refractivity (Wildman–Crippen MR) is 96.4 cm³/mol. The summed E-state index contributed by atoms with van der Waals surface area (Å²) in [6, 6.07) is 0. The fraction of sp³-hybridized carbons (Fsp3) is 0.765. The molecule has 0 aromatic carbocycles. The van der Waals surface area contributed by atoms with Gasteiger partial charge in [-0.25, -0.2) is 13.4 Å². The number of rotatable bonds is 9. The van der Waals surface area contributed by atoms with Crippen LogP contribution in [-0.4, -0.2) is 48.2 Å². The summed E-state index contributed by atoms with van der Waals surface area (Å²) in [6.45, 7) is 5.67. The molecule has 1 saturated heterocycles. The number of imidazole rings is 1. The van der Waals surface area contributed by atoms with Gasteiger partial charge in [-0.15, -0.1) is 0 Å². The van der Waals surface area contributed by atoms with Gasteiger partial charge in [0.25, 0.3) is 10.0 Å². The zero-order valence-electron chi connectivity index (χ0n) is 15.2. The van der Waals surface area contributed by atoms with E-state index in [9.17, 15) is 13.2 Å². The predicted octanol–water partition coefficient (Wildman–Crippen LogP) is 2.14. The van der Waals surface area contributed by atoms with Gasteiger partial charge in [-0.2, -0.15) is 4.31 Å². The molecule has 1 aromatic heterocycles. The fourth-order valence-electron chi connectivity index (χ4n) is 3.23. The standard InChI is InChI=1S/C17H30N4O3S/c1-3-5-7-14(4-2)10-19-17(22)15-8-6-9-21(12-15)25(23,24)16-11-18-13-20-16/h11,13-15H,3-10,12H2,1-2H3,(H,18,20)(H,19,22)/t14-,15-/m0/s1. The molecule has 1 fully saturated rings. The minimum atomic E-state index is -3.60. The van der Waals surface area contributed by atoms with Gasteiger partial charge in [-0.3, -0.25) is 4.79 Å². The molecule has 1 aliphatic heterocycles. The molecule has 0 unspecified atom stereocenters. The van der Waals surface area contributed by atoms with Gasteiger partial charge in [-0.05, 0) is 25.2 Å². The summed E-state index contributed by atoms with van der Waals surface area (Å²) < 4.78 is 26.5. The molecule has 1 aliphatic rings. The second-order valence-corrected chi connectivity index (χ2v) is 8.69. The van der Waals surface area contributed by atoms with Crippen molar-refractivity contribution in [3.05, 3.63) is 12.5 Å². The van der Waals surface area contributed by atoms with Crippen molar-refractivity contribution < 1.29 is 13.2 Å². The maximum atomic E-state index is 12.6. The minimum absolute atomic E-state index is 0.0283. The van der Waals surface area contributed by atoms with Gasteiger partial charge in [0.2, 0.25) is 5.91 Å². The van der Waals surface area contributed by atoms with Crippen LogP contribution in [0.25, 0.3) is 0 Å². The molecule has 0 spiro atoms. The normalized spacial score (nSPS) is 20.3. The average molecular weight is 371 g/mol. The smallest absolute Gasteiger partial charge is 0.260 e. The van der Waals surface area contributed by atoms with Gasteiger partial charge < -0.3 is 10.3 Å². The first kappa shape index (κ1) is 19.9. The highest BCUT2D eigenvalue weighted by Crippen LogP contribution is 2.23. The van der Waals surface area contributed by atoms with E-state index in [0.717, 1.165) is 25.7 Å². The first-order valence-corrected chi connectivity index (χ1v) is 10.7. The molecule has 2 N–H and O–H groups in total. The van der Waals surface area contributed by atoms with E-state index in [1.165, 1.54) is 23.3 Å². The molecule has 7 nitrogen and oxygen atoms in total. The Bertz CT molecular complexity index is 630. The molecule has 2 rings (SSSR count). The molecule has 1 aromatic rings. The summed E-state index contributed by atoms with van der Waals surface area (Å²) in [7, 11) is -3.60. The van der Waals surface area contributed by atoms with Crippen molar-refractivity contribution in [1.29, 1.82) is 0 Å². The lowest BCUT2D eigenvalue weighted by atomic mass is 9.96. The van der Waals surface area contributed by atoms with E-state index in [1.54, 1.807) is 0 Å². The van der Waals surface area contributed by atoms with Crippen molar-refractivity contribution in [1.82, 2.24) is 19.6 Å². The summed E-state index contributed by atoms with van der Waals surface area (Å²) >= 11 is 0. The Hall–Kier alpha value is -1.41. The third-order valence-electron chi connectivity index (χ3n) is 4.95. The summed E-state index contributed by atoms with van der Waals surface area (Å²) in [5.41, 5.74) is 0.